The van der Waals surface area contributed by atoms with Crippen molar-refractivity contribution in [2.75, 3.05) is 18.6 Å². The van der Waals surface area contributed by atoms with E-state index in [0.717, 1.165) is 30.1 Å². The molecule has 2 rings (SSSR count). The molecule has 3 nitrogen and oxygen atoms in total. The highest BCUT2D eigenvalue weighted by molar-refractivity contribution is 5.63. The summed E-state index contributed by atoms with van der Waals surface area (Å²) in [6.45, 7) is 3.13. The number of rotatable bonds is 5. The van der Waals surface area contributed by atoms with Crippen LogP contribution in [0, 0.1) is 0 Å². The number of ether oxygens (including phenoxy) is 1. The molecule has 0 amide bonds. The fraction of sp³-hybridized carbons (Fsp3) is 0.267. The van der Waals surface area contributed by atoms with Gasteiger partial charge in [-0.15, -0.1) is 0 Å². The van der Waals surface area contributed by atoms with Crippen LogP contribution >= 0.6 is 0 Å². The monoisotopic (exact) mass is 242 g/mol. The summed E-state index contributed by atoms with van der Waals surface area (Å²) < 4.78 is 5.28. The Bertz CT molecular complexity index is 485. The fourth-order valence-corrected chi connectivity index (χ4v) is 1.92. The van der Waals surface area contributed by atoms with Crippen molar-refractivity contribution in [3.8, 4) is 5.75 Å². The van der Waals surface area contributed by atoms with Gasteiger partial charge in [-0.3, -0.25) is 4.98 Å². The molecule has 0 bridgehead atoms. The molecule has 0 fully saturated rings. The summed E-state index contributed by atoms with van der Waals surface area (Å²) in [5.41, 5.74) is 2.23. The van der Waals surface area contributed by atoms with Gasteiger partial charge in [0, 0.05) is 24.5 Å². The van der Waals surface area contributed by atoms with Crippen LogP contribution in [0.25, 0.3) is 0 Å². The quantitative estimate of drug-likeness (QED) is 0.800. The van der Waals surface area contributed by atoms with Crippen molar-refractivity contribution in [2.45, 2.75) is 13.3 Å². The third-order valence-electron chi connectivity index (χ3n) is 2.77. The van der Waals surface area contributed by atoms with Gasteiger partial charge in [-0.05, 0) is 30.7 Å². The number of methoxy groups -OCH3 is 1. The number of hydrogen-bond acceptors (Lipinski definition) is 3. The Labute approximate surface area is 108 Å². The predicted octanol–water partition coefficient (Wildman–Crippen LogP) is 3.64. The van der Waals surface area contributed by atoms with Crippen LogP contribution in [0.3, 0.4) is 0 Å². The zero-order valence-corrected chi connectivity index (χ0v) is 10.8. The van der Waals surface area contributed by atoms with Gasteiger partial charge < -0.3 is 9.64 Å². The maximum Gasteiger partial charge on any atom is 0.120 e. The number of pyridine rings is 1. The molecule has 3 heteroatoms. The molecule has 0 unspecified atom stereocenters. The molecule has 0 N–H and O–H groups in total. The van der Waals surface area contributed by atoms with Gasteiger partial charge in [0.15, 0.2) is 0 Å². The molecule has 0 aliphatic heterocycles. The Morgan fingerprint density at radius 3 is 2.67 bits per heavy atom. The first kappa shape index (κ1) is 12.4. The maximum atomic E-state index is 5.28. The van der Waals surface area contributed by atoms with Crippen LogP contribution in [0.1, 0.15) is 13.3 Å². The normalized spacial score (nSPS) is 10.1. The highest BCUT2D eigenvalue weighted by atomic mass is 16.5. The van der Waals surface area contributed by atoms with Crippen LogP contribution in [-0.2, 0) is 0 Å². The molecule has 18 heavy (non-hydrogen) atoms. The average molecular weight is 242 g/mol. The van der Waals surface area contributed by atoms with Crippen LogP contribution in [0.4, 0.5) is 11.4 Å². The third kappa shape index (κ3) is 2.80. The molecule has 1 aromatic carbocycles. The molecule has 0 atom stereocenters. The van der Waals surface area contributed by atoms with Crippen molar-refractivity contribution in [1.82, 2.24) is 4.98 Å². The summed E-state index contributed by atoms with van der Waals surface area (Å²) in [6.07, 6.45) is 4.75. The lowest BCUT2D eigenvalue weighted by atomic mass is 10.2. The molecule has 0 aliphatic carbocycles. The lowest BCUT2D eigenvalue weighted by Gasteiger charge is -2.24. The average Bonchev–Trinajstić information content (AvgIpc) is 2.46. The van der Waals surface area contributed by atoms with Gasteiger partial charge >= 0.3 is 0 Å². The van der Waals surface area contributed by atoms with Crippen LogP contribution in [-0.4, -0.2) is 18.6 Å². The Balaban J connectivity index is 2.35. The summed E-state index contributed by atoms with van der Waals surface area (Å²) in [5.74, 6) is 0.873. The molecule has 0 radical (unpaired) electrons. The third-order valence-corrected chi connectivity index (χ3v) is 2.77. The van der Waals surface area contributed by atoms with Gasteiger partial charge in [-0.1, -0.05) is 13.0 Å². The summed E-state index contributed by atoms with van der Waals surface area (Å²) >= 11 is 0. The molecule has 2 aromatic rings. The SMILES string of the molecule is CCCN(c1cccnc1)c1cccc(OC)c1. The second-order valence-corrected chi connectivity index (χ2v) is 4.06. The first-order chi connectivity index (χ1) is 8.85. The number of nitrogens with zero attached hydrogens (tertiary/aromatic N) is 2. The molecule has 0 aliphatic rings. The summed E-state index contributed by atoms with van der Waals surface area (Å²) in [7, 11) is 1.69. The zero-order chi connectivity index (χ0) is 12.8. The Hall–Kier alpha value is -2.03. The van der Waals surface area contributed by atoms with Gasteiger partial charge in [-0.25, -0.2) is 0 Å². The first-order valence-corrected chi connectivity index (χ1v) is 6.16. The number of aromatic nitrogens is 1. The van der Waals surface area contributed by atoms with Crippen molar-refractivity contribution in [3.63, 3.8) is 0 Å². The molecule has 1 aromatic heterocycles. The van der Waals surface area contributed by atoms with E-state index < -0.39 is 0 Å². The van der Waals surface area contributed by atoms with Crippen molar-refractivity contribution >= 4 is 11.4 Å². The largest absolute Gasteiger partial charge is 0.497 e. The van der Waals surface area contributed by atoms with E-state index in [2.05, 4.69) is 28.9 Å². The minimum absolute atomic E-state index is 0.873. The van der Waals surface area contributed by atoms with Gasteiger partial charge in [0.05, 0.1) is 19.0 Å². The summed E-state index contributed by atoms with van der Waals surface area (Å²) in [6, 6.07) is 12.1. The van der Waals surface area contributed by atoms with Crippen LogP contribution in [0.5, 0.6) is 5.75 Å². The van der Waals surface area contributed by atoms with Gasteiger partial charge in [0.2, 0.25) is 0 Å². The Kier molecular flexibility index (Phi) is 4.18. The summed E-state index contributed by atoms with van der Waals surface area (Å²) in [4.78, 5) is 6.43. The van der Waals surface area contributed by atoms with Crippen molar-refractivity contribution in [2.24, 2.45) is 0 Å². The van der Waals surface area contributed by atoms with Crippen molar-refractivity contribution in [1.29, 1.82) is 0 Å². The van der Waals surface area contributed by atoms with Crippen LogP contribution < -0.4 is 9.64 Å². The van der Waals surface area contributed by atoms with E-state index in [1.165, 1.54) is 0 Å². The van der Waals surface area contributed by atoms with Crippen LogP contribution in [0.15, 0.2) is 48.8 Å². The number of hydrogen-bond donors (Lipinski definition) is 0. The standard InChI is InChI=1S/C15H18N2O/c1-3-10-17(14-7-5-9-16-12-14)13-6-4-8-15(11-13)18-2/h4-9,11-12H,3,10H2,1-2H3. The molecule has 1 heterocycles. The first-order valence-electron chi connectivity index (χ1n) is 6.16. The fourth-order valence-electron chi connectivity index (χ4n) is 1.92. The minimum Gasteiger partial charge on any atom is -0.497 e. The van der Waals surface area contributed by atoms with Crippen LogP contribution in [0.2, 0.25) is 0 Å². The van der Waals surface area contributed by atoms with Crippen molar-refractivity contribution in [3.05, 3.63) is 48.8 Å². The lowest BCUT2D eigenvalue weighted by molar-refractivity contribution is 0.415. The van der Waals surface area contributed by atoms with Gasteiger partial charge in [-0.2, -0.15) is 0 Å². The van der Waals surface area contributed by atoms with E-state index in [1.807, 2.05) is 30.5 Å². The van der Waals surface area contributed by atoms with E-state index in [0.29, 0.717) is 0 Å². The topological polar surface area (TPSA) is 25.4 Å². The van der Waals surface area contributed by atoms with E-state index in [4.69, 9.17) is 4.74 Å². The molecule has 94 valence electrons. The van der Waals surface area contributed by atoms with Gasteiger partial charge in [0.25, 0.3) is 0 Å². The maximum absolute atomic E-state index is 5.28. The van der Waals surface area contributed by atoms with Crippen molar-refractivity contribution < 1.29 is 4.74 Å². The van der Waals surface area contributed by atoms with E-state index in [1.54, 1.807) is 13.3 Å². The predicted molar refractivity (Wildman–Crippen MR) is 74.5 cm³/mol. The highest BCUT2D eigenvalue weighted by Crippen LogP contribution is 2.27. The Morgan fingerprint density at radius 2 is 2.00 bits per heavy atom. The molecular weight excluding hydrogens is 224 g/mol. The second kappa shape index (κ2) is 6.05. The molecule has 0 spiro atoms. The van der Waals surface area contributed by atoms with E-state index >= 15 is 0 Å². The zero-order valence-electron chi connectivity index (χ0n) is 10.8. The van der Waals surface area contributed by atoms with E-state index in [9.17, 15) is 0 Å². The smallest absolute Gasteiger partial charge is 0.120 e. The lowest BCUT2D eigenvalue weighted by Crippen LogP contribution is -2.17. The Morgan fingerprint density at radius 1 is 1.17 bits per heavy atom. The van der Waals surface area contributed by atoms with Gasteiger partial charge in [0.1, 0.15) is 5.75 Å². The molecule has 0 saturated heterocycles. The number of benzene rings is 1. The molecular formula is C15H18N2O. The minimum atomic E-state index is 0.873. The second-order valence-electron chi connectivity index (χ2n) is 4.06. The highest BCUT2D eigenvalue weighted by Gasteiger charge is 2.08. The molecule has 0 saturated carbocycles. The number of anilines is 2. The van der Waals surface area contributed by atoms with E-state index in [-0.39, 0.29) is 0 Å². The summed E-state index contributed by atoms with van der Waals surface area (Å²) in [5, 5.41) is 0.